The van der Waals surface area contributed by atoms with Crippen LogP contribution in [0.1, 0.15) is 26.7 Å². The first-order valence-electron chi connectivity index (χ1n) is 5.10. The molecular weight excluding hydrogens is 178 g/mol. The van der Waals surface area contributed by atoms with Gasteiger partial charge in [0.15, 0.2) is 0 Å². The summed E-state index contributed by atoms with van der Waals surface area (Å²) in [6.07, 6.45) is 1.77. The number of rotatable bonds is 4. The number of likely N-dealkylation sites (N-methyl/N-ethyl adjacent to an activating group) is 1. The van der Waals surface area contributed by atoms with Crippen LogP contribution in [0.3, 0.4) is 0 Å². The Hall–Kier alpha value is -0.770. The van der Waals surface area contributed by atoms with E-state index in [1.54, 1.807) is 23.9 Å². The van der Waals surface area contributed by atoms with E-state index in [2.05, 4.69) is 13.8 Å². The summed E-state index contributed by atoms with van der Waals surface area (Å²) in [4.78, 5) is 15.1. The summed E-state index contributed by atoms with van der Waals surface area (Å²) in [6, 6.07) is 0.0131. The first-order chi connectivity index (χ1) is 6.45. The Bertz CT molecular complexity index is 180. The van der Waals surface area contributed by atoms with Gasteiger partial charge in [0.05, 0.1) is 5.54 Å². The number of nitrogens with two attached hydrogens (primary N) is 1. The lowest BCUT2D eigenvalue weighted by Crippen LogP contribution is -2.56. The van der Waals surface area contributed by atoms with Crippen LogP contribution in [0.2, 0.25) is 0 Å². The summed E-state index contributed by atoms with van der Waals surface area (Å²) < 4.78 is 0. The average molecular weight is 201 g/mol. The van der Waals surface area contributed by atoms with E-state index >= 15 is 0 Å². The average Bonchev–Trinajstić information content (AvgIpc) is 2.19. The van der Waals surface area contributed by atoms with Gasteiger partial charge in [0.2, 0.25) is 0 Å². The molecule has 4 heteroatoms. The Morgan fingerprint density at radius 1 is 1.21 bits per heavy atom. The van der Waals surface area contributed by atoms with Gasteiger partial charge in [-0.25, -0.2) is 4.79 Å². The molecule has 0 bridgehead atoms. The van der Waals surface area contributed by atoms with Crippen LogP contribution in [0.15, 0.2) is 0 Å². The Kier molecular flexibility index (Phi) is 4.91. The van der Waals surface area contributed by atoms with Gasteiger partial charge in [-0.1, -0.05) is 13.8 Å². The van der Waals surface area contributed by atoms with E-state index in [0.717, 1.165) is 12.8 Å². The van der Waals surface area contributed by atoms with Gasteiger partial charge in [-0.3, -0.25) is 0 Å². The highest BCUT2D eigenvalue weighted by Crippen LogP contribution is 2.21. The van der Waals surface area contributed by atoms with E-state index in [1.165, 1.54) is 0 Å². The smallest absolute Gasteiger partial charge is 0.319 e. The second-order valence-corrected chi connectivity index (χ2v) is 3.87. The predicted octanol–water partition coefficient (Wildman–Crippen LogP) is 1.12. The SMILES string of the molecule is CCC(CC)(CN)N(C)C(=O)N(C)C. The van der Waals surface area contributed by atoms with Gasteiger partial charge in [-0.05, 0) is 12.8 Å². The molecule has 0 spiro atoms. The molecule has 0 aliphatic carbocycles. The van der Waals surface area contributed by atoms with Crippen LogP contribution < -0.4 is 5.73 Å². The van der Waals surface area contributed by atoms with Crippen molar-refractivity contribution in [2.24, 2.45) is 5.73 Å². The fraction of sp³-hybridized carbons (Fsp3) is 0.900. The molecule has 0 unspecified atom stereocenters. The van der Waals surface area contributed by atoms with Gasteiger partial charge in [0.1, 0.15) is 0 Å². The normalized spacial score (nSPS) is 11.3. The lowest BCUT2D eigenvalue weighted by molar-refractivity contribution is 0.111. The largest absolute Gasteiger partial charge is 0.331 e. The summed E-state index contributed by atoms with van der Waals surface area (Å²) in [6.45, 7) is 4.64. The van der Waals surface area contributed by atoms with E-state index < -0.39 is 0 Å². The molecule has 0 saturated carbocycles. The summed E-state index contributed by atoms with van der Waals surface area (Å²) in [5.41, 5.74) is 5.56. The number of hydrogen-bond donors (Lipinski definition) is 1. The molecule has 0 aromatic rings. The fourth-order valence-electron chi connectivity index (χ4n) is 1.65. The highest BCUT2D eigenvalue weighted by atomic mass is 16.2. The maximum Gasteiger partial charge on any atom is 0.319 e. The summed E-state index contributed by atoms with van der Waals surface area (Å²) >= 11 is 0. The molecule has 14 heavy (non-hydrogen) atoms. The first-order valence-corrected chi connectivity index (χ1v) is 5.10. The van der Waals surface area contributed by atoms with Crippen LogP contribution in [0, 0.1) is 0 Å². The quantitative estimate of drug-likeness (QED) is 0.741. The van der Waals surface area contributed by atoms with Crippen molar-refractivity contribution in [3.8, 4) is 0 Å². The zero-order valence-corrected chi connectivity index (χ0v) is 10.0. The van der Waals surface area contributed by atoms with Crippen molar-refractivity contribution in [3.05, 3.63) is 0 Å². The van der Waals surface area contributed by atoms with Gasteiger partial charge >= 0.3 is 6.03 Å². The second-order valence-electron chi connectivity index (χ2n) is 3.87. The van der Waals surface area contributed by atoms with Crippen molar-refractivity contribution in [1.29, 1.82) is 0 Å². The molecular formula is C10H23N3O. The molecule has 0 aliphatic heterocycles. The molecule has 0 heterocycles. The van der Waals surface area contributed by atoms with Crippen molar-refractivity contribution < 1.29 is 4.79 Å². The molecule has 0 atom stereocenters. The maximum atomic E-state index is 11.8. The van der Waals surface area contributed by atoms with Gasteiger partial charge in [0, 0.05) is 27.7 Å². The van der Waals surface area contributed by atoms with E-state index in [4.69, 9.17) is 5.73 Å². The third-order valence-electron chi connectivity index (χ3n) is 3.08. The molecule has 0 aliphatic rings. The third-order valence-corrected chi connectivity index (χ3v) is 3.08. The van der Waals surface area contributed by atoms with Crippen molar-refractivity contribution in [1.82, 2.24) is 9.80 Å². The summed E-state index contributed by atoms with van der Waals surface area (Å²) in [5.74, 6) is 0. The molecule has 0 rings (SSSR count). The van der Waals surface area contributed by atoms with Crippen LogP contribution in [0.4, 0.5) is 4.79 Å². The molecule has 4 nitrogen and oxygen atoms in total. The molecule has 0 aromatic carbocycles. The highest BCUT2D eigenvalue weighted by Gasteiger charge is 2.33. The molecule has 2 amide bonds. The fourth-order valence-corrected chi connectivity index (χ4v) is 1.65. The van der Waals surface area contributed by atoms with E-state index in [1.807, 2.05) is 7.05 Å². The van der Waals surface area contributed by atoms with E-state index in [0.29, 0.717) is 6.54 Å². The minimum Gasteiger partial charge on any atom is -0.331 e. The molecule has 0 fully saturated rings. The number of carbonyl (C=O) groups excluding carboxylic acids is 1. The van der Waals surface area contributed by atoms with Crippen molar-refractivity contribution in [2.75, 3.05) is 27.7 Å². The Morgan fingerprint density at radius 2 is 1.64 bits per heavy atom. The van der Waals surface area contributed by atoms with Gasteiger partial charge in [-0.2, -0.15) is 0 Å². The Morgan fingerprint density at radius 3 is 1.86 bits per heavy atom. The molecule has 84 valence electrons. The van der Waals surface area contributed by atoms with Crippen LogP contribution in [-0.4, -0.2) is 49.1 Å². The minimum atomic E-state index is -0.193. The van der Waals surface area contributed by atoms with Crippen molar-refractivity contribution in [3.63, 3.8) is 0 Å². The lowest BCUT2D eigenvalue weighted by atomic mass is 9.91. The minimum absolute atomic E-state index is 0.0131. The predicted molar refractivity (Wildman–Crippen MR) is 59.2 cm³/mol. The zero-order valence-electron chi connectivity index (χ0n) is 10.0. The number of urea groups is 1. The van der Waals surface area contributed by atoms with E-state index in [9.17, 15) is 4.79 Å². The van der Waals surface area contributed by atoms with Gasteiger partial charge < -0.3 is 15.5 Å². The van der Waals surface area contributed by atoms with Crippen LogP contribution in [-0.2, 0) is 0 Å². The van der Waals surface area contributed by atoms with Crippen molar-refractivity contribution >= 4 is 6.03 Å². The van der Waals surface area contributed by atoms with Gasteiger partial charge in [0.25, 0.3) is 0 Å². The molecule has 0 saturated heterocycles. The summed E-state index contributed by atoms with van der Waals surface area (Å²) in [7, 11) is 5.33. The first kappa shape index (κ1) is 13.2. The van der Waals surface area contributed by atoms with E-state index in [-0.39, 0.29) is 11.6 Å². The molecule has 2 N–H and O–H groups in total. The topological polar surface area (TPSA) is 49.6 Å². The van der Waals surface area contributed by atoms with Crippen LogP contribution in [0.5, 0.6) is 0 Å². The Labute approximate surface area is 87.0 Å². The molecule has 0 radical (unpaired) electrons. The standard InChI is InChI=1S/C10H23N3O/c1-6-10(7-2,8-11)13(5)9(14)12(3)4/h6-8,11H2,1-5H3. The van der Waals surface area contributed by atoms with Gasteiger partial charge in [-0.15, -0.1) is 0 Å². The monoisotopic (exact) mass is 201 g/mol. The zero-order chi connectivity index (χ0) is 11.4. The second kappa shape index (κ2) is 5.20. The highest BCUT2D eigenvalue weighted by molar-refractivity contribution is 5.74. The maximum absolute atomic E-state index is 11.8. The molecule has 0 aromatic heterocycles. The number of hydrogen-bond acceptors (Lipinski definition) is 2. The number of nitrogens with zero attached hydrogens (tertiary/aromatic N) is 2. The third kappa shape index (κ3) is 2.38. The lowest BCUT2D eigenvalue weighted by Gasteiger charge is -2.41. The Balaban J connectivity index is 4.75. The van der Waals surface area contributed by atoms with Crippen molar-refractivity contribution in [2.45, 2.75) is 32.2 Å². The van der Waals surface area contributed by atoms with Crippen LogP contribution >= 0.6 is 0 Å². The summed E-state index contributed by atoms with van der Waals surface area (Å²) in [5, 5.41) is 0. The number of carbonyl (C=O) groups is 1. The van der Waals surface area contributed by atoms with Crippen LogP contribution in [0.25, 0.3) is 0 Å². The number of amides is 2.